The summed E-state index contributed by atoms with van der Waals surface area (Å²) in [5, 5.41) is 2.37. The minimum Gasteiger partial charge on any atom is -0.454 e. The first-order chi connectivity index (χ1) is 15.0. The first kappa shape index (κ1) is 23.4. The highest BCUT2D eigenvalue weighted by Gasteiger charge is 2.36. The van der Waals surface area contributed by atoms with Gasteiger partial charge in [-0.2, -0.15) is 0 Å². The van der Waals surface area contributed by atoms with Crippen molar-refractivity contribution in [1.82, 2.24) is 9.21 Å². The summed E-state index contributed by atoms with van der Waals surface area (Å²) >= 11 is 5.95. The molecule has 1 heterocycles. The Balaban J connectivity index is 1.59. The van der Waals surface area contributed by atoms with Crippen LogP contribution in [0.1, 0.15) is 20.7 Å². The molecule has 0 radical (unpaired) electrons. The van der Waals surface area contributed by atoms with E-state index in [1.54, 1.807) is 12.1 Å². The van der Waals surface area contributed by atoms with Gasteiger partial charge >= 0.3 is 5.97 Å². The Bertz CT molecular complexity index is 1190. The van der Waals surface area contributed by atoms with Gasteiger partial charge in [-0.1, -0.05) is 23.7 Å². The number of benzene rings is 2. The third-order valence-corrected chi connectivity index (χ3v) is 6.80. The summed E-state index contributed by atoms with van der Waals surface area (Å²) in [6.45, 7) is -1.35. The molecule has 3 rings (SSSR count). The number of imide groups is 1. The number of ether oxygens (including phenoxy) is 1. The zero-order valence-corrected chi connectivity index (χ0v) is 18.6. The van der Waals surface area contributed by atoms with Crippen LogP contribution in [0.5, 0.6) is 0 Å². The molecule has 0 saturated carbocycles. The Morgan fingerprint density at radius 1 is 1.06 bits per heavy atom. The number of amides is 3. The minimum atomic E-state index is -3.84. The predicted molar refractivity (Wildman–Crippen MR) is 114 cm³/mol. The second kappa shape index (κ2) is 9.07. The number of hydrogen-bond donors (Lipinski definition) is 1. The van der Waals surface area contributed by atoms with E-state index in [4.69, 9.17) is 16.3 Å². The summed E-state index contributed by atoms with van der Waals surface area (Å²) in [5.74, 6) is -2.96. The molecule has 1 aliphatic heterocycles. The molecule has 0 unspecified atom stereocenters. The van der Waals surface area contributed by atoms with Gasteiger partial charge in [-0.25, -0.2) is 12.7 Å². The summed E-state index contributed by atoms with van der Waals surface area (Å²) in [5.41, 5.74) is 0.500. The first-order valence-corrected chi connectivity index (χ1v) is 11.0. The molecule has 10 nitrogen and oxygen atoms in total. The average Bonchev–Trinajstić information content (AvgIpc) is 2.98. The molecule has 0 fully saturated rings. The number of anilines is 1. The second-order valence-electron chi connectivity index (χ2n) is 6.88. The normalized spacial score (nSPS) is 13.3. The van der Waals surface area contributed by atoms with Crippen LogP contribution in [0.25, 0.3) is 0 Å². The van der Waals surface area contributed by atoms with Crippen LogP contribution in [-0.4, -0.2) is 68.6 Å². The molecule has 0 saturated heterocycles. The van der Waals surface area contributed by atoms with Crippen molar-refractivity contribution in [2.24, 2.45) is 0 Å². The van der Waals surface area contributed by atoms with Crippen LogP contribution >= 0.6 is 11.6 Å². The molecule has 0 atom stereocenters. The van der Waals surface area contributed by atoms with Gasteiger partial charge < -0.3 is 10.1 Å². The molecule has 2 aromatic rings. The molecule has 2 aromatic carbocycles. The monoisotopic (exact) mass is 479 g/mol. The van der Waals surface area contributed by atoms with Gasteiger partial charge in [-0.3, -0.25) is 24.1 Å². The molecule has 12 heteroatoms. The van der Waals surface area contributed by atoms with E-state index in [0.717, 1.165) is 9.21 Å². The molecule has 1 N–H and O–H groups in total. The van der Waals surface area contributed by atoms with Gasteiger partial charge in [-0.15, -0.1) is 0 Å². The third-order valence-electron chi connectivity index (χ3n) is 4.50. The molecule has 1 aliphatic rings. The van der Waals surface area contributed by atoms with Gasteiger partial charge in [0.05, 0.1) is 16.1 Å². The largest absolute Gasteiger partial charge is 0.454 e. The van der Waals surface area contributed by atoms with E-state index in [1.807, 2.05) is 0 Å². The number of carbonyl (C=O) groups excluding carboxylic acids is 4. The van der Waals surface area contributed by atoms with Crippen molar-refractivity contribution in [2.45, 2.75) is 4.90 Å². The molecule has 168 valence electrons. The maximum Gasteiger partial charge on any atom is 0.326 e. The van der Waals surface area contributed by atoms with Crippen LogP contribution in [0.2, 0.25) is 5.02 Å². The fourth-order valence-electron chi connectivity index (χ4n) is 2.88. The maximum atomic E-state index is 12.3. The summed E-state index contributed by atoms with van der Waals surface area (Å²) in [4.78, 5) is 49.2. The van der Waals surface area contributed by atoms with Crippen molar-refractivity contribution < 1.29 is 32.3 Å². The minimum absolute atomic E-state index is 0.0240. The van der Waals surface area contributed by atoms with Crippen LogP contribution in [-0.2, 0) is 24.3 Å². The number of carbonyl (C=O) groups is 4. The fourth-order valence-corrected chi connectivity index (χ4v) is 4.27. The number of fused-ring (bicyclic) bond motifs is 1. The summed E-state index contributed by atoms with van der Waals surface area (Å²) in [7, 11) is -1.17. The third kappa shape index (κ3) is 4.64. The van der Waals surface area contributed by atoms with E-state index in [-0.39, 0.29) is 26.7 Å². The number of hydrogen-bond acceptors (Lipinski definition) is 7. The van der Waals surface area contributed by atoms with Crippen molar-refractivity contribution in [3.8, 4) is 0 Å². The van der Waals surface area contributed by atoms with Crippen molar-refractivity contribution in [3.05, 3.63) is 58.6 Å². The lowest BCUT2D eigenvalue weighted by atomic mass is 10.1. The van der Waals surface area contributed by atoms with E-state index in [9.17, 15) is 27.6 Å². The molecule has 0 bridgehead atoms. The van der Waals surface area contributed by atoms with Gasteiger partial charge in [0, 0.05) is 19.8 Å². The van der Waals surface area contributed by atoms with Gasteiger partial charge in [-0.05, 0) is 30.3 Å². The zero-order chi connectivity index (χ0) is 23.6. The summed E-state index contributed by atoms with van der Waals surface area (Å²) < 4.78 is 30.4. The Kier molecular flexibility index (Phi) is 6.63. The zero-order valence-electron chi connectivity index (χ0n) is 17.0. The Morgan fingerprint density at radius 3 is 2.22 bits per heavy atom. The molecule has 3 amide bonds. The Labute approximate surface area is 188 Å². The smallest absolute Gasteiger partial charge is 0.326 e. The lowest BCUT2D eigenvalue weighted by Crippen LogP contribution is -2.36. The van der Waals surface area contributed by atoms with Gasteiger partial charge in [0.2, 0.25) is 10.0 Å². The quantitative estimate of drug-likeness (QED) is 0.468. The van der Waals surface area contributed by atoms with E-state index < -0.39 is 46.9 Å². The van der Waals surface area contributed by atoms with Crippen molar-refractivity contribution in [2.75, 3.05) is 32.6 Å². The molecular weight excluding hydrogens is 462 g/mol. The topological polar surface area (TPSA) is 130 Å². The summed E-state index contributed by atoms with van der Waals surface area (Å²) in [6.07, 6.45) is 0. The Hall–Kier alpha value is -3.28. The molecule has 0 spiro atoms. The highest BCUT2D eigenvalue weighted by molar-refractivity contribution is 7.89. The predicted octanol–water partition coefficient (Wildman–Crippen LogP) is 1.37. The highest BCUT2D eigenvalue weighted by atomic mass is 35.5. The van der Waals surface area contributed by atoms with Crippen LogP contribution in [0, 0.1) is 0 Å². The van der Waals surface area contributed by atoms with E-state index in [1.165, 1.54) is 44.4 Å². The summed E-state index contributed by atoms with van der Waals surface area (Å²) in [6, 6.07) is 10.0. The average molecular weight is 480 g/mol. The van der Waals surface area contributed by atoms with Crippen LogP contribution < -0.4 is 5.32 Å². The molecule has 0 aromatic heterocycles. The number of rotatable bonds is 7. The van der Waals surface area contributed by atoms with Gasteiger partial charge in [0.1, 0.15) is 11.4 Å². The standard InChI is InChI=1S/C20H18ClN3O7S/c1-23(2)32(29,30)16-9-12(7-8-15(16)21)22-17(25)11-31-18(26)10-24-19(27)13-5-3-4-6-14(13)20(24)28/h3-9H,10-11H2,1-2H3,(H,22,25). The van der Waals surface area contributed by atoms with E-state index in [2.05, 4.69) is 5.32 Å². The number of nitrogens with zero attached hydrogens (tertiary/aromatic N) is 2. The van der Waals surface area contributed by atoms with E-state index in [0.29, 0.717) is 0 Å². The van der Waals surface area contributed by atoms with Crippen LogP contribution in [0.4, 0.5) is 5.69 Å². The first-order valence-electron chi connectivity index (χ1n) is 9.15. The highest BCUT2D eigenvalue weighted by Crippen LogP contribution is 2.27. The van der Waals surface area contributed by atoms with Crippen LogP contribution in [0.15, 0.2) is 47.4 Å². The second-order valence-corrected chi connectivity index (χ2v) is 9.41. The van der Waals surface area contributed by atoms with Crippen LogP contribution in [0.3, 0.4) is 0 Å². The van der Waals surface area contributed by atoms with Crippen molar-refractivity contribution >= 4 is 51.0 Å². The fraction of sp³-hybridized carbons (Fsp3) is 0.200. The van der Waals surface area contributed by atoms with E-state index >= 15 is 0 Å². The van der Waals surface area contributed by atoms with Gasteiger partial charge in [0.15, 0.2) is 6.61 Å². The SMILES string of the molecule is CN(C)S(=O)(=O)c1cc(NC(=O)COC(=O)CN2C(=O)c3ccccc3C2=O)ccc1Cl. The molecular formula is C20H18ClN3O7S. The number of nitrogens with one attached hydrogen (secondary N) is 1. The maximum absolute atomic E-state index is 12.3. The number of halogens is 1. The van der Waals surface area contributed by atoms with Crippen molar-refractivity contribution in [1.29, 1.82) is 0 Å². The molecule has 0 aliphatic carbocycles. The number of sulfonamides is 1. The Morgan fingerprint density at radius 2 is 1.66 bits per heavy atom. The lowest BCUT2D eigenvalue weighted by Gasteiger charge is -2.15. The molecule has 32 heavy (non-hydrogen) atoms. The lowest BCUT2D eigenvalue weighted by molar-refractivity contribution is -0.147. The number of esters is 1. The van der Waals surface area contributed by atoms with Crippen molar-refractivity contribution in [3.63, 3.8) is 0 Å². The van der Waals surface area contributed by atoms with Gasteiger partial charge in [0.25, 0.3) is 17.7 Å².